The van der Waals surface area contributed by atoms with Gasteiger partial charge in [-0.1, -0.05) is 11.8 Å². The quantitative estimate of drug-likeness (QED) is 0.677. The predicted molar refractivity (Wildman–Crippen MR) is 91.1 cm³/mol. The number of hydrogen-bond donors (Lipinski definition) is 2. The van der Waals surface area contributed by atoms with E-state index in [1.54, 1.807) is 6.07 Å². The van der Waals surface area contributed by atoms with Crippen LogP contribution in [0.15, 0.2) is 16.9 Å². The number of carbonyl (C=O) groups excluding carboxylic acids is 2. The molecule has 9 nitrogen and oxygen atoms in total. The zero-order valence-electron chi connectivity index (χ0n) is 13.7. The van der Waals surface area contributed by atoms with Gasteiger partial charge in [0.1, 0.15) is 23.1 Å². The number of amides is 2. The Hall–Kier alpha value is -2.59. The fraction of sp³-hybridized carbons (Fsp3) is 0.429. The highest BCUT2D eigenvalue weighted by atomic mass is 32.2. The lowest BCUT2D eigenvalue weighted by Crippen LogP contribution is -2.43. The number of nitrogens with one attached hydrogen (secondary N) is 2. The summed E-state index contributed by atoms with van der Waals surface area (Å²) in [7, 11) is 0. The highest BCUT2D eigenvalue weighted by Crippen LogP contribution is 2.31. The third-order valence-electron chi connectivity index (χ3n) is 3.65. The molecule has 0 saturated carbocycles. The summed E-state index contributed by atoms with van der Waals surface area (Å²) in [5, 5.41) is 20.5. The third-order valence-corrected chi connectivity index (χ3v) is 5.57. The van der Waals surface area contributed by atoms with Gasteiger partial charge in [0.25, 0.3) is 11.8 Å². The summed E-state index contributed by atoms with van der Waals surface area (Å²) >= 11 is 2.64. The Morgan fingerprint density at radius 1 is 1.56 bits per heavy atom. The molecule has 2 aromatic rings. The van der Waals surface area contributed by atoms with E-state index in [4.69, 9.17) is 5.26 Å². The molecular formula is C14H13F2N7O2S2. The van der Waals surface area contributed by atoms with Gasteiger partial charge in [0.05, 0.1) is 24.9 Å². The second kappa shape index (κ2) is 7.97. The SMILES string of the molecule is N#C[C@@H]1CC(F)(F)CN1C(=O)CNC(=O)c1csc(CSc2ncn[nH]2)n1. The Morgan fingerprint density at radius 3 is 3.07 bits per heavy atom. The lowest BCUT2D eigenvalue weighted by atomic mass is 10.2. The number of aromatic amines is 1. The summed E-state index contributed by atoms with van der Waals surface area (Å²) in [6.45, 7) is -1.30. The predicted octanol–water partition coefficient (Wildman–Crippen LogP) is 1.04. The van der Waals surface area contributed by atoms with E-state index in [1.165, 1.54) is 34.8 Å². The van der Waals surface area contributed by atoms with E-state index in [1.807, 2.05) is 0 Å². The van der Waals surface area contributed by atoms with Gasteiger partial charge < -0.3 is 10.2 Å². The first kappa shape index (κ1) is 19.2. The van der Waals surface area contributed by atoms with Crippen molar-refractivity contribution in [3.05, 3.63) is 22.4 Å². The van der Waals surface area contributed by atoms with Gasteiger partial charge in [0.15, 0.2) is 5.16 Å². The molecule has 3 heterocycles. The fourth-order valence-electron chi connectivity index (χ4n) is 2.42. The van der Waals surface area contributed by atoms with Gasteiger partial charge in [-0.15, -0.1) is 11.3 Å². The first-order chi connectivity index (χ1) is 12.9. The molecule has 0 radical (unpaired) electrons. The van der Waals surface area contributed by atoms with Crippen LogP contribution < -0.4 is 5.32 Å². The second-order valence-corrected chi connectivity index (χ2v) is 7.52. The van der Waals surface area contributed by atoms with Gasteiger partial charge in [-0.25, -0.2) is 18.7 Å². The minimum atomic E-state index is -3.09. The summed E-state index contributed by atoms with van der Waals surface area (Å²) in [4.78, 5) is 33.1. The van der Waals surface area contributed by atoms with E-state index >= 15 is 0 Å². The molecule has 0 aliphatic carbocycles. The summed E-state index contributed by atoms with van der Waals surface area (Å²) in [6.07, 6.45) is 0.689. The summed E-state index contributed by atoms with van der Waals surface area (Å²) < 4.78 is 26.8. The molecule has 27 heavy (non-hydrogen) atoms. The van der Waals surface area contributed by atoms with E-state index in [2.05, 4.69) is 25.5 Å². The molecular weight excluding hydrogens is 400 g/mol. The van der Waals surface area contributed by atoms with Gasteiger partial charge >= 0.3 is 0 Å². The number of alkyl halides is 2. The molecule has 1 aliphatic heterocycles. The maximum Gasteiger partial charge on any atom is 0.271 e. The summed E-state index contributed by atoms with van der Waals surface area (Å²) in [6, 6.07) is 0.495. The molecule has 142 valence electrons. The van der Waals surface area contributed by atoms with Crippen molar-refractivity contribution in [2.24, 2.45) is 0 Å². The number of thioether (sulfide) groups is 1. The van der Waals surface area contributed by atoms with Crippen LogP contribution in [0.5, 0.6) is 0 Å². The average molecular weight is 413 g/mol. The zero-order chi connectivity index (χ0) is 19.4. The van der Waals surface area contributed by atoms with Crippen molar-refractivity contribution >= 4 is 34.9 Å². The Kier molecular flexibility index (Phi) is 5.66. The number of thiazole rings is 1. The van der Waals surface area contributed by atoms with Crippen LogP contribution in [0, 0.1) is 11.3 Å². The van der Waals surface area contributed by atoms with Gasteiger partial charge in [-0.2, -0.15) is 10.4 Å². The Labute approximate surface area is 160 Å². The maximum absolute atomic E-state index is 13.4. The molecule has 1 fully saturated rings. The molecule has 0 spiro atoms. The number of H-pyrrole nitrogens is 1. The van der Waals surface area contributed by atoms with Crippen LogP contribution in [0.1, 0.15) is 21.9 Å². The lowest BCUT2D eigenvalue weighted by Gasteiger charge is -2.19. The number of aromatic nitrogens is 4. The van der Waals surface area contributed by atoms with E-state index < -0.39 is 43.3 Å². The second-order valence-electron chi connectivity index (χ2n) is 5.62. The molecule has 1 atom stereocenters. The van der Waals surface area contributed by atoms with Crippen LogP contribution in [-0.4, -0.2) is 61.9 Å². The number of rotatable bonds is 6. The topological polar surface area (TPSA) is 128 Å². The van der Waals surface area contributed by atoms with E-state index in [-0.39, 0.29) is 5.69 Å². The van der Waals surface area contributed by atoms with Crippen molar-refractivity contribution in [1.82, 2.24) is 30.4 Å². The van der Waals surface area contributed by atoms with Crippen LogP contribution >= 0.6 is 23.1 Å². The van der Waals surface area contributed by atoms with Crippen molar-refractivity contribution in [2.75, 3.05) is 13.1 Å². The number of likely N-dealkylation sites (tertiary alicyclic amines) is 1. The van der Waals surface area contributed by atoms with E-state index in [9.17, 15) is 18.4 Å². The third kappa shape index (κ3) is 4.77. The molecule has 2 amide bonds. The van der Waals surface area contributed by atoms with Crippen molar-refractivity contribution < 1.29 is 18.4 Å². The number of nitriles is 1. The van der Waals surface area contributed by atoms with Crippen molar-refractivity contribution in [2.45, 2.75) is 29.3 Å². The fourth-order valence-corrected chi connectivity index (χ4v) is 3.99. The van der Waals surface area contributed by atoms with Crippen LogP contribution in [-0.2, 0) is 10.5 Å². The molecule has 2 N–H and O–H groups in total. The maximum atomic E-state index is 13.4. The molecule has 0 unspecified atom stereocenters. The number of nitrogens with zero attached hydrogens (tertiary/aromatic N) is 5. The monoisotopic (exact) mass is 413 g/mol. The summed E-state index contributed by atoms with van der Waals surface area (Å²) in [5.41, 5.74) is 0.129. The molecule has 1 aliphatic rings. The minimum Gasteiger partial charge on any atom is -0.342 e. The van der Waals surface area contributed by atoms with Crippen LogP contribution in [0.4, 0.5) is 8.78 Å². The summed E-state index contributed by atoms with van der Waals surface area (Å²) in [5.74, 6) is -3.93. The normalized spacial score (nSPS) is 18.3. The Balaban J connectivity index is 1.50. The van der Waals surface area contributed by atoms with Crippen molar-refractivity contribution in [3.8, 4) is 6.07 Å². The van der Waals surface area contributed by atoms with Crippen LogP contribution in [0.3, 0.4) is 0 Å². The molecule has 2 aromatic heterocycles. The van der Waals surface area contributed by atoms with Crippen molar-refractivity contribution in [3.63, 3.8) is 0 Å². The Morgan fingerprint density at radius 2 is 2.37 bits per heavy atom. The standard InChI is InChI=1S/C14H13F2N7O2S2/c15-14(16)1-8(2-17)23(6-14)11(24)3-18-12(25)9-4-26-10(21-9)5-27-13-19-7-20-22-13/h4,7-8H,1,3,5-6H2,(H,18,25)(H,19,20,22)/t8-/m0/s1. The highest BCUT2D eigenvalue weighted by molar-refractivity contribution is 7.98. The Bertz CT molecular complexity index is 865. The average Bonchev–Trinajstić information content (AvgIpc) is 3.36. The first-order valence-electron chi connectivity index (χ1n) is 7.65. The smallest absolute Gasteiger partial charge is 0.271 e. The zero-order valence-corrected chi connectivity index (χ0v) is 15.3. The lowest BCUT2D eigenvalue weighted by molar-refractivity contribution is -0.131. The van der Waals surface area contributed by atoms with Gasteiger partial charge in [0, 0.05) is 11.8 Å². The first-order valence-corrected chi connectivity index (χ1v) is 9.52. The van der Waals surface area contributed by atoms with E-state index in [0.717, 1.165) is 4.90 Å². The van der Waals surface area contributed by atoms with Gasteiger partial charge in [-0.05, 0) is 0 Å². The molecule has 3 rings (SSSR count). The number of carbonyl (C=O) groups is 2. The molecule has 13 heteroatoms. The molecule has 0 bridgehead atoms. The van der Waals surface area contributed by atoms with Gasteiger partial charge in [0.2, 0.25) is 5.91 Å². The molecule has 1 saturated heterocycles. The largest absolute Gasteiger partial charge is 0.342 e. The van der Waals surface area contributed by atoms with Crippen LogP contribution in [0.2, 0.25) is 0 Å². The van der Waals surface area contributed by atoms with E-state index in [0.29, 0.717) is 15.9 Å². The van der Waals surface area contributed by atoms with Crippen molar-refractivity contribution in [1.29, 1.82) is 5.26 Å². The minimum absolute atomic E-state index is 0.129. The highest BCUT2D eigenvalue weighted by Gasteiger charge is 2.47. The van der Waals surface area contributed by atoms with Gasteiger partial charge in [-0.3, -0.25) is 14.7 Å². The number of halogens is 2. The molecule has 0 aromatic carbocycles. The van der Waals surface area contributed by atoms with Crippen LogP contribution in [0.25, 0.3) is 0 Å². The number of hydrogen-bond acceptors (Lipinski definition) is 8.